The summed E-state index contributed by atoms with van der Waals surface area (Å²) in [6, 6.07) is 13.0. The minimum absolute atomic E-state index is 0.265. The first-order valence-electron chi connectivity index (χ1n) is 8.47. The van der Waals surface area contributed by atoms with Crippen molar-refractivity contribution in [1.29, 1.82) is 0 Å². The molecule has 0 saturated heterocycles. The molecule has 0 saturated carbocycles. The number of nitrogens with one attached hydrogen (secondary N) is 1. The van der Waals surface area contributed by atoms with Gasteiger partial charge in [-0.25, -0.2) is 15.0 Å². The van der Waals surface area contributed by atoms with Crippen molar-refractivity contribution in [2.24, 2.45) is 0 Å². The minimum atomic E-state index is -0.265. The van der Waals surface area contributed by atoms with Crippen molar-refractivity contribution in [3.05, 3.63) is 78.4 Å². The van der Waals surface area contributed by atoms with Crippen LogP contribution in [-0.2, 0) is 0 Å². The van der Waals surface area contributed by atoms with E-state index in [0.29, 0.717) is 27.9 Å². The minimum Gasteiger partial charge on any atom is -0.462 e. The van der Waals surface area contributed by atoms with Gasteiger partial charge in [0.25, 0.3) is 5.91 Å². The summed E-state index contributed by atoms with van der Waals surface area (Å²) in [5.74, 6) is 1.03. The summed E-state index contributed by atoms with van der Waals surface area (Å²) in [6.07, 6.45) is 7.11. The van der Waals surface area contributed by atoms with Gasteiger partial charge in [-0.2, -0.15) is 0 Å². The van der Waals surface area contributed by atoms with Crippen LogP contribution in [0.15, 0.2) is 77.1 Å². The third kappa shape index (κ3) is 3.06. The highest BCUT2D eigenvalue weighted by Crippen LogP contribution is 2.25. The van der Waals surface area contributed by atoms with Crippen molar-refractivity contribution < 1.29 is 9.21 Å². The smallest absolute Gasteiger partial charge is 0.275 e. The molecule has 0 aliphatic carbocycles. The fourth-order valence-corrected chi connectivity index (χ4v) is 3.55. The number of fused-ring (bicyclic) bond motifs is 1. The van der Waals surface area contributed by atoms with Crippen LogP contribution in [0.5, 0.6) is 0 Å². The fourth-order valence-electron chi connectivity index (χ4n) is 2.78. The molecule has 0 aliphatic heterocycles. The van der Waals surface area contributed by atoms with Gasteiger partial charge in [-0.3, -0.25) is 9.20 Å². The first-order chi connectivity index (χ1) is 13.8. The van der Waals surface area contributed by atoms with Gasteiger partial charge in [0.15, 0.2) is 10.8 Å². The van der Waals surface area contributed by atoms with E-state index in [-0.39, 0.29) is 5.91 Å². The van der Waals surface area contributed by atoms with E-state index in [1.54, 1.807) is 23.9 Å². The van der Waals surface area contributed by atoms with E-state index in [1.807, 2.05) is 53.2 Å². The maximum Gasteiger partial charge on any atom is 0.275 e. The molecule has 4 aromatic heterocycles. The summed E-state index contributed by atoms with van der Waals surface area (Å²) in [4.78, 5) is 25.5. The molecule has 0 radical (unpaired) electrons. The number of hydrogen-bond donors (Lipinski definition) is 1. The maximum atomic E-state index is 12.4. The Kier molecular flexibility index (Phi) is 3.95. The SMILES string of the molecule is O=C(Nc1ccc(-c2cn3cccnc3n2)cc1)c1csc(-c2ccco2)n1. The average Bonchev–Trinajstić information content (AvgIpc) is 3.48. The normalized spacial score (nSPS) is 11.0. The Morgan fingerprint density at radius 2 is 2.00 bits per heavy atom. The summed E-state index contributed by atoms with van der Waals surface area (Å²) >= 11 is 1.37. The topological polar surface area (TPSA) is 85.3 Å². The number of benzene rings is 1. The Labute approximate surface area is 163 Å². The Bertz CT molecular complexity index is 1220. The van der Waals surface area contributed by atoms with E-state index in [4.69, 9.17) is 4.42 Å². The molecule has 0 fully saturated rings. The lowest BCUT2D eigenvalue weighted by Crippen LogP contribution is -2.12. The van der Waals surface area contributed by atoms with Crippen molar-refractivity contribution in [2.75, 3.05) is 5.32 Å². The second-order valence-electron chi connectivity index (χ2n) is 6.00. The second kappa shape index (κ2) is 6.75. The van der Waals surface area contributed by atoms with E-state index >= 15 is 0 Å². The number of nitrogens with zero attached hydrogens (tertiary/aromatic N) is 4. The molecule has 4 heterocycles. The van der Waals surface area contributed by atoms with Crippen LogP contribution in [0.3, 0.4) is 0 Å². The van der Waals surface area contributed by atoms with E-state index in [0.717, 1.165) is 11.3 Å². The number of carbonyl (C=O) groups excluding carboxylic acids is 1. The summed E-state index contributed by atoms with van der Waals surface area (Å²) < 4.78 is 7.18. The Balaban J connectivity index is 1.32. The summed E-state index contributed by atoms with van der Waals surface area (Å²) in [5, 5.41) is 5.24. The zero-order valence-electron chi connectivity index (χ0n) is 14.4. The Morgan fingerprint density at radius 1 is 1.11 bits per heavy atom. The van der Waals surface area contributed by atoms with Crippen LogP contribution in [0.2, 0.25) is 0 Å². The van der Waals surface area contributed by atoms with Gasteiger partial charge in [0.1, 0.15) is 5.69 Å². The number of imidazole rings is 1. The molecule has 0 spiro atoms. The summed E-state index contributed by atoms with van der Waals surface area (Å²) in [7, 11) is 0. The number of furan rings is 1. The van der Waals surface area contributed by atoms with Gasteiger partial charge in [-0.15, -0.1) is 11.3 Å². The molecule has 5 aromatic rings. The molecule has 1 N–H and O–H groups in total. The van der Waals surface area contributed by atoms with Crippen LogP contribution < -0.4 is 5.32 Å². The largest absolute Gasteiger partial charge is 0.462 e. The van der Waals surface area contributed by atoms with Crippen LogP contribution in [-0.4, -0.2) is 25.3 Å². The second-order valence-corrected chi connectivity index (χ2v) is 6.86. The first kappa shape index (κ1) is 16.4. The van der Waals surface area contributed by atoms with Crippen molar-refractivity contribution >= 4 is 28.7 Å². The molecular weight excluding hydrogens is 374 g/mol. The maximum absolute atomic E-state index is 12.4. The summed E-state index contributed by atoms with van der Waals surface area (Å²) in [6.45, 7) is 0. The highest BCUT2D eigenvalue weighted by molar-refractivity contribution is 7.13. The molecule has 5 rings (SSSR count). The lowest BCUT2D eigenvalue weighted by Gasteiger charge is -2.04. The van der Waals surface area contributed by atoms with Crippen LogP contribution >= 0.6 is 11.3 Å². The van der Waals surface area contributed by atoms with Crippen molar-refractivity contribution in [1.82, 2.24) is 19.4 Å². The zero-order chi connectivity index (χ0) is 18.9. The zero-order valence-corrected chi connectivity index (χ0v) is 15.3. The highest BCUT2D eigenvalue weighted by Gasteiger charge is 2.13. The van der Waals surface area contributed by atoms with Crippen molar-refractivity contribution in [3.63, 3.8) is 0 Å². The van der Waals surface area contributed by atoms with Crippen LogP contribution in [0.25, 0.3) is 27.8 Å². The lowest BCUT2D eigenvalue weighted by molar-refractivity contribution is 0.102. The highest BCUT2D eigenvalue weighted by atomic mass is 32.1. The van der Waals surface area contributed by atoms with Gasteiger partial charge in [0.05, 0.1) is 12.0 Å². The molecular formula is C20H13N5O2S. The van der Waals surface area contributed by atoms with Gasteiger partial charge in [-0.1, -0.05) is 12.1 Å². The number of thiazole rings is 1. The number of anilines is 1. The van der Waals surface area contributed by atoms with E-state index in [2.05, 4.69) is 20.3 Å². The van der Waals surface area contributed by atoms with Gasteiger partial charge in [-0.05, 0) is 30.3 Å². The van der Waals surface area contributed by atoms with Crippen molar-refractivity contribution in [3.8, 4) is 22.0 Å². The molecule has 7 nitrogen and oxygen atoms in total. The molecule has 0 atom stereocenters. The fraction of sp³-hybridized carbons (Fsp3) is 0. The predicted molar refractivity (Wildman–Crippen MR) is 106 cm³/mol. The number of hydrogen-bond acceptors (Lipinski definition) is 6. The molecule has 8 heteroatoms. The monoisotopic (exact) mass is 387 g/mol. The average molecular weight is 387 g/mol. The molecule has 0 unspecified atom stereocenters. The van der Waals surface area contributed by atoms with Gasteiger partial charge < -0.3 is 9.73 Å². The molecule has 0 bridgehead atoms. The number of amides is 1. The Hall–Kier alpha value is -3.78. The number of rotatable bonds is 4. The van der Waals surface area contributed by atoms with Gasteiger partial charge in [0, 0.05) is 35.2 Å². The molecule has 28 heavy (non-hydrogen) atoms. The number of aromatic nitrogens is 4. The van der Waals surface area contributed by atoms with E-state index < -0.39 is 0 Å². The van der Waals surface area contributed by atoms with Crippen LogP contribution in [0.1, 0.15) is 10.5 Å². The van der Waals surface area contributed by atoms with E-state index in [9.17, 15) is 4.79 Å². The van der Waals surface area contributed by atoms with Crippen LogP contribution in [0, 0.1) is 0 Å². The standard InChI is InChI=1S/C20H13N5O2S/c26-18(16-12-28-19(23-16)17-3-1-10-27-17)22-14-6-4-13(5-7-14)15-11-25-9-2-8-21-20(25)24-15/h1-12H,(H,22,26). The Morgan fingerprint density at radius 3 is 2.79 bits per heavy atom. The van der Waals surface area contributed by atoms with E-state index in [1.165, 1.54) is 11.3 Å². The third-order valence-electron chi connectivity index (χ3n) is 4.14. The quantitative estimate of drug-likeness (QED) is 0.495. The molecule has 0 aliphatic rings. The predicted octanol–water partition coefficient (Wildman–Crippen LogP) is 4.37. The molecule has 1 aromatic carbocycles. The van der Waals surface area contributed by atoms with Gasteiger partial charge in [0.2, 0.25) is 5.78 Å². The van der Waals surface area contributed by atoms with Crippen LogP contribution in [0.4, 0.5) is 5.69 Å². The molecule has 1 amide bonds. The number of carbonyl (C=O) groups is 1. The third-order valence-corrected chi connectivity index (χ3v) is 5.00. The van der Waals surface area contributed by atoms with Crippen molar-refractivity contribution in [2.45, 2.75) is 0 Å². The van der Waals surface area contributed by atoms with Gasteiger partial charge >= 0.3 is 0 Å². The molecule has 136 valence electrons. The first-order valence-corrected chi connectivity index (χ1v) is 9.35. The lowest BCUT2D eigenvalue weighted by atomic mass is 10.1. The summed E-state index contributed by atoms with van der Waals surface area (Å²) in [5.41, 5.74) is 2.80.